The highest BCUT2D eigenvalue weighted by Gasteiger charge is 2.51. The van der Waals surface area contributed by atoms with Gasteiger partial charge in [-0.05, 0) is 44.9 Å². The van der Waals surface area contributed by atoms with E-state index in [4.69, 9.17) is 18.5 Å². The largest absolute Gasteiger partial charge is 0.472 e. The van der Waals surface area contributed by atoms with E-state index in [9.17, 15) is 44.6 Å². The van der Waals surface area contributed by atoms with E-state index in [1.54, 1.807) is 0 Å². The monoisotopic (exact) mass is 806 g/mol. The van der Waals surface area contributed by atoms with Crippen molar-refractivity contribution in [2.45, 2.75) is 211 Å². The number of allylic oxidation sites excluding steroid dienone is 4. The van der Waals surface area contributed by atoms with Crippen molar-refractivity contribution in [1.29, 1.82) is 0 Å². The molecule has 1 aliphatic carbocycles. The Bertz CT molecular complexity index is 1070. The van der Waals surface area contributed by atoms with E-state index in [1.807, 2.05) is 0 Å². The van der Waals surface area contributed by atoms with Crippen LogP contribution in [-0.4, -0.2) is 98.3 Å². The predicted octanol–water partition coefficient (Wildman–Crippen LogP) is 7.28. The molecule has 55 heavy (non-hydrogen) atoms. The molecule has 8 atom stereocenters. The summed E-state index contributed by atoms with van der Waals surface area (Å²) in [5.41, 5.74) is 0. The van der Waals surface area contributed by atoms with Gasteiger partial charge in [0, 0.05) is 12.8 Å². The molecule has 6 N–H and O–H groups in total. The average molecular weight is 807 g/mol. The van der Waals surface area contributed by atoms with E-state index in [1.165, 1.54) is 64.2 Å². The molecule has 0 radical (unpaired) electrons. The summed E-state index contributed by atoms with van der Waals surface area (Å²) in [4.78, 5) is 35.5. The normalized spacial score (nSPS) is 23.3. The molecular weight excluding hydrogens is 731 g/mol. The Morgan fingerprint density at radius 3 is 1.51 bits per heavy atom. The first kappa shape index (κ1) is 51.3. The number of unbranched alkanes of at least 4 members (excludes halogenated alkanes) is 18. The molecule has 1 fully saturated rings. The predicted molar refractivity (Wildman–Crippen MR) is 212 cm³/mol. The van der Waals surface area contributed by atoms with Crippen LogP contribution in [-0.2, 0) is 32.7 Å². The summed E-state index contributed by atoms with van der Waals surface area (Å²) < 4.78 is 33.4. The number of phosphoric acid groups is 1. The van der Waals surface area contributed by atoms with Crippen LogP contribution in [0.5, 0.6) is 0 Å². The van der Waals surface area contributed by atoms with Crippen LogP contribution in [0.15, 0.2) is 24.3 Å². The summed E-state index contributed by atoms with van der Waals surface area (Å²) in [7, 11) is -5.11. The van der Waals surface area contributed by atoms with Crippen molar-refractivity contribution in [3.8, 4) is 0 Å². The minimum atomic E-state index is -5.11. The molecule has 1 rings (SSSR count). The van der Waals surface area contributed by atoms with Crippen LogP contribution in [0.25, 0.3) is 0 Å². The lowest BCUT2D eigenvalue weighted by atomic mass is 9.85. The summed E-state index contributed by atoms with van der Waals surface area (Å²) in [6.45, 7) is 3.23. The maximum atomic E-state index is 12.8. The summed E-state index contributed by atoms with van der Waals surface area (Å²) in [6, 6.07) is 0. The number of rotatable bonds is 34. The Labute approximate surface area is 330 Å². The zero-order valence-corrected chi connectivity index (χ0v) is 34.6. The van der Waals surface area contributed by atoms with Gasteiger partial charge in [-0.2, -0.15) is 0 Å². The highest BCUT2D eigenvalue weighted by molar-refractivity contribution is 7.47. The Hall–Kier alpha value is -1.67. The molecule has 1 saturated carbocycles. The Kier molecular flexibility index (Phi) is 30.2. The number of ether oxygens (including phenoxy) is 2. The van der Waals surface area contributed by atoms with E-state index in [0.717, 1.165) is 64.2 Å². The van der Waals surface area contributed by atoms with Gasteiger partial charge >= 0.3 is 19.8 Å². The summed E-state index contributed by atoms with van der Waals surface area (Å²) >= 11 is 0. The summed E-state index contributed by atoms with van der Waals surface area (Å²) in [5, 5.41) is 50.0. The van der Waals surface area contributed by atoms with E-state index in [-0.39, 0.29) is 12.8 Å². The number of hydrogen-bond donors (Lipinski definition) is 6. The van der Waals surface area contributed by atoms with Gasteiger partial charge in [0.1, 0.15) is 43.2 Å². The van der Waals surface area contributed by atoms with Gasteiger partial charge in [0.05, 0.1) is 6.61 Å². The van der Waals surface area contributed by atoms with Gasteiger partial charge in [0.15, 0.2) is 6.10 Å². The number of carbonyl (C=O) groups is 2. The fraction of sp³-hybridized carbons (Fsp3) is 0.854. The van der Waals surface area contributed by atoms with Crippen molar-refractivity contribution in [2.24, 2.45) is 0 Å². The second-order valence-electron chi connectivity index (χ2n) is 14.8. The molecule has 0 aliphatic heterocycles. The summed E-state index contributed by atoms with van der Waals surface area (Å²) in [6.07, 6.45) is 19.6. The molecule has 13 nitrogen and oxygen atoms in total. The molecule has 0 saturated heterocycles. The van der Waals surface area contributed by atoms with Crippen LogP contribution < -0.4 is 0 Å². The Morgan fingerprint density at radius 1 is 0.564 bits per heavy atom. The van der Waals surface area contributed by atoms with Crippen molar-refractivity contribution < 1.29 is 63.1 Å². The van der Waals surface area contributed by atoms with E-state index >= 15 is 0 Å². The minimum Gasteiger partial charge on any atom is -0.462 e. The number of carbonyl (C=O) groups excluding carboxylic acids is 2. The molecule has 1 aliphatic rings. The molecule has 6 unspecified atom stereocenters. The molecule has 0 aromatic heterocycles. The lowest BCUT2D eigenvalue weighted by Crippen LogP contribution is -2.64. The van der Waals surface area contributed by atoms with Crippen molar-refractivity contribution in [1.82, 2.24) is 0 Å². The van der Waals surface area contributed by atoms with Gasteiger partial charge < -0.3 is 39.9 Å². The third kappa shape index (κ3) is 25.3. The maximum absolute atomic E-state index is 12.8. The average Bonchev–Trinajstić information content (AvgIpc) is 3.16. The van der Waals surface area contributed by atoms with Gasteiger partial charge in [-0.1, -0.05) is 134 Å². The molecule has 14 heteroatoms. The standard InChI is InChI=1S/C41H75O13P/c1-3-5-7-9-11-13-15-16-17-18-20-22-24-26-28-30-35(43)53-33(31-51-34(42)29-27-25-23-21-19-14-12-10-8-6-4-2)32-52-55(49,50)54-41-39(47)37(45)36(44)38(46)40(41)48/h11,13,16-17,33,36-41,44-48H,3-10,12,14-15,18-32H2,1-2H3,(H,49,50)/b13-11+,17-16+/t33-,36?,37-,38?,39?,40?,41?/m1/s1. The van der Waals surface area contributed by atoms with Crippen LogP contribution in [0, 0.1) is 0 Å². The second kappa shape index (κ2) is 32.3. The van der Waals surface area contributed by atoms with Gasteiger partial charge in [-0.15, -0.1) is 0 Å². The fourth-order valence-electron chi connectivity index (χ4n) is 6.32. The van der Waals surface area contributed by atoms with Crippen LogP contribution in [0.2, 0.25) is 0 Å². The molecule has 0 heterocycles. The number of phosphoric ester groups is 1. The van der Waals surface area contributed by atoms with Gasteiger partial charge in [-0.3, -0.25) is 18.6 Å². The van der Waals surface area contributed by atoms with Crippen LogP contribution >= 0.6 is 7.82 Å². The fourth-order valence-corrected chi connectivity index (χ4v) is 7.29. The number of aliphatic hydroxyl groups excluding tert-OH is 5. The zero-order chi connectivity index (χ0) is 40.7. The molecule has 0 aromatic carbocycles. The molecular formula is C41H75O13P. The van der Waals surface area contributed by atoms with Gasteiger partial charge in [0.25, 0.3) is 0 Å². The number of esters is 2. The molecule has 0 amide bonds. The van der Waals surface area contributed by atoms with Crippen LogP contribution in [0.1, 0.15) is 168 Å². The molecule has 0 aromatic rings. The third-order valence-electron chi connectivity index (χ3n) is 9.80. The van der Waals surface area contributed by atoms with Crippen LogP contribution in [0.3, 0.4) is 0 Å². The highest BCUT2D eigenvalue weighted by atomic mass is 31.2. The molecule has 322 valence electrons. The first-order valence-electron chi connectivity index (χ1n) is 21.1. The molecule has 0 bridgehead atoms. The maximum Gasteiger partial charge on any atom is 0.472 e. The third-order valence-corrected chi connectivity index (χ3v) is 10.8. The minimum absolute atomic E-state index is 0.0829. The van der Waals surface area contributed by atoms with E-state index in [0.29, 0.717) is 12.8 Å². The van der Waals surface area contributed by atoms with Crippen molar-refractivity contribution in [2.75, 3.05) is 13.2 Å². The first-order valence-corrected chi connectivity index (χ1v) is 22.6. The summed E-state index contributed by atoms with van der Waals surface area (Å²) in [5.74, 6) is -1.11. The lowest BCUT2D eigenvalue weighted by Gasteiger charge is -2.41. The molecule has 0 spiro atoms. The van der Waals surface area contributed by atoms with E-state index in [2.05, 4.69) is 38.2 Å². The zero-order valence-electron chi connectivity index (χ0n) is 33.7. The van der Waals surface area contributed by atoms with Gasteiger partial charge in [0.2, 0.25) is 0 Å². The van der Waals surface area contributed by atoms with Gasteiger partial charge in [-0.25, -0.2) is 4.57 Å². The smallest absolute Gasteiger partial charge is 0.462 e. The van der Waals surface area contributed by atoms with Crippen molar-refractivity contribution >= 4 is 19.8 Å². The number of hydrogen-bond acceptors (Lipinski definition) is 12. The topological polar surface area (TPSA) is 210 Å². The Morgan fingerprint density at radius 2 is 0.982 bits per heavy atom. The lowest BCUT2D eigenvalue weighted by molar-refractivity contribution is -0.220. The van der Waals surface area contributed by atoms with Crippen molar-refractivity contribution in [3.05, 3.63) is 24.3 Å². The quantitative estimate of drug-likeness (QED) is 0.0164. The SMILES string of the molecule is CCCCC/C=C/C/C=C/CCCCCCCC(=O)O[C@H](COC(=O)CCCCCCCCCCCCC)COP(=O)(O)OC1C(O)C(O)C(O)[C@@H](O)C1O. The van der Waals surface area contributed by atoms with Crippen LogP contribution in [0.4, 0.5) is 0 Å². The Balaban J connectivity index is 2.52. The van der Waals surface area contributed by atoms with Crippen molar-refractivity contribution in [3.63, 3.8) is 0 Å². The van der Waals surface area contributed by atoms with E-state index < -0.39 is 75.7 Å². The number of aliphatic hydroxyl groups is 5. The second-order valence-corrected chi connectivity index (χ2v) is 16.3. The first-order chi connectivity index (χ1) is 26.4. The highest BCUT2D eigenvalue weighted by Crippen LogP contribution is 2.47.